The molecule has 144 valence electrons. The highest BCUT2D eigenvalue weighted by Crippen LogP contribution is 2.40. The molecule has 0 aromatic heterocycles. The summed E-state index contributed by atoms with van der Waals surface area (Å²) in [6.45, 7) is 1.31. The molecule has 0 aliphatic carbocycles. The van der Waals surface area contributed by atoms with Gasteiger partial charge < -0.3 is 19.5 Å². The van der Waals surface area contributed by atoms with Crippen molar-refractivity contribution in [3.8, 4) is 17.2 Å². The first-order valence-corrected chi connectivity index (χ1v) is 9.46. The van der Waals surface area contributed by atoms with Gasteiger partial charge in [0.15, 0.2) is 11.5 Å². The lowest BCUT2D eigenvalue weighted by Gasteiger charge is -2.14. The first-order chi connectivity index (χ1) is 12.8. The number of sulfone groups is 1. The van der Waals surface area contributed by atoms with Gasteiger partial charge in [-0.1, -0.05) is 30.3 Å². The van der Waals surface area contributed by atoms with Crippen LogP contribution in [0.15, 0.2) is 52.8 Å². The first-order valence-electron chi connectivity index (χ1n) is 7.92. The monoisotopic (exact) mass is 391 g/mol. The van der Waals surface area contributed by atoms with Crippen LogP contribution in [0, 0.1) is 0 Å². The van der Waals surface area contributed by atoms with Crippen molar-refractivity contribution >= 4 is 21.4 Å². The van der Waals surface area contributed by atoms with E-state index >= 15 is 0 Å². The van der Waals surface area contributed by atoms with Crippen molar-refractivity contribution in [2.24, 2.45) is 0 Å². The highest BCUT2D eigenvalue weighted by atomic mass is 32.2. The summed E-state index contributed by atoms with van der Waals surface area (Å²) in [4.78, 5) is 11.5. The number of nitrogens with one attached hydrogen (secondary N) is 1. The molecule has 1 amide bonds. The quantitative estimate of drug-likeness (QED) is 0.780. The zero-order valence-electron chi connectivity index (χ0n) is 15.5. The van der Waals surface area contributed by atoms with Crippen LogP contribution in [0.4, 0.5) is 0 Å². The van der Waals surface area contributed by atoms with Crippen LogP contribution in [-0.2, 0) is 14.6 Å². The van der Waals surface area contributed by atoms with Gasteiger partial charge in [0.2, 0.25) is 21.5 Å². The molecular weight excluding hydrogens is 370 g/mol. The van der Waals surface area contributed by atoms with Crippen molar-refractivity contribution in [3.63, 3.8) is 0 Å². The Balaban J connectivity index is 2.62. The number of carbonyl (C=O) groups is 1. The van der Waals surface area contributed by atoms with E-state index in [2.05, 4.69) is 5.32 Å². The van der Waals surface area contributed by atoms with Crippen LogP contribution in [0.1, 0.15) is 12.5 Å². The summed E-state index contributed by atoms with van der Waals surface area (Å²) in [5, 5.41) is 3.56. The van der Waals surface area contributed by atoms with Crippen LogP contribution < -0.4 is 19.5 Å². The summed E-state index contributed by atoms with van der Waals surface area (Å²) in [6, 6.07) is 11.4. The molecule has 1 N–H and O–H groups in total. The van der Waals surface area contributed by atoms with Gasteiger partial charge in [0, 0.05) is 19.1 Å². The largest absolute Gasteiger partial charge is 0.493 e. The third-order valence-corrected chi connectivity index (χ3v) is 5.07. The molecule has 0 spiro atoms. The number of ether oxygens (including phenoxy) is 3. The van der Waals surface area contributed by atoms with Crippen LogP contribution in [0.5, 0.6) is 17.2 Å². The number of amides is 1. The predicted molar refractivity (Wildman–Crippen MR) is 102 cm³/mol. The lowest BCUT2D eigenvalue weighted by Crippen LogP contribution is -2.19. The fraction of sp³-hybridized carbons (Fsp3) is 0.211. The highest BCUT2D eigenvalue weighted by molar-refractivity contribution is 7.94. The van der Waals surface area contributed by atoms with Gasteiger partial charge in [0.1, 0.15) is 0 Å². The number of hydrogen-bond acceptors (Lipinski definition) is 6. The Morgan fingerprint density at radius 3 is 1.96 bits per heavy atom. The zero-order valence-corrected chi connectivity index (χ0v) is 16.3. The van der Waals surface area contributed by atoms with E-state index in [1.807, 2.05) is 0 Å². The third kappa shape index (κ3) is 4.79. The van der Waals surface area contributed by atoms with Gasteiger partial charge in [-0.25, -0.2) is 8.42 Å². The van der Waals surface area contributed by atoms with Gasteiger partial charge in [-0.05, 0) is 5.56 Å². The van der Waals surface area contributed by atoms with Gasteiger partial charge in [-0.15, -0.1) is 0 Å². The molecule has 27 heavy (non-hydrogen) atoms. The molecule has 0 aliphatic heterocycles. The fourth-order valence-corrected chi connectivity index (χ4v) is 3.61. The minimum absolute atomic E-state index is 0.0595. The summed E-state index contributed by atoms with van der Waals surface area (Å²) < 4.78 is 41.5. The molecule has 0 aliphatic rings. The second-order valence-electron chi connectivity index (χ2n) is 5.48. The smallest absolute Gasteiger partial charge is 0.221 e. The normalized spacial score (nSPS) is 11.6. The van der Waals surface area contributed by atoms with Crippen molar-refractivity contribution in [3.05, 3.63) is 53.4 Å². The number of methoxy groups -OCH3 is 3. The van der Waals surface area contributed by atoms with Crippen molar-refractivity contribution in [1.82, 2.24) is 5.32 Å². The van der Waals surface area contributed by atoms with Gasteiger partial charge in [0.25, 0.3) is 0 Å². The highest BCUT2D eigenvalue weighted by Gasteiger charge is 2.21. The van der Waals surface area contributed by atoms with Crippen molar-refractivity contribution in [1.29, 1.82) is 0 Å². The van der Waals surface area contributed by atoms with Gasteiger partial charge in [-0.3, -0.25) is 4.79 Å². The maximum Gasteiger partial charge on any atom is 0.221 e. The maximum atomic E-state index is 13.0. The topological polar surface area (TPSA) is 90.9 Å². The van der Waals surface area contributed by atoms with E-state index in [9.17, 15) is 13.2 Å². The molecule has 0 fully saturated rings. The molecule has 0 unspecified atom stereocenters. The molecule has 0 saturated carbocycles. The molecule has 0 atom stereocenters. The Bertz CT molecular complexity index is 926. The van der Waals surface area contributed by atoms with Gasteiger partial charge in [-0.2, -0.15) is 0 Å². The Labute approximate surface area is 158 Å². The summed E-state index contributed by atoms with van der Waals surface area (Å²) in [7, 11) is 0.292. The van der Waals surface area contributed by atoms with E-state index in [1.54, 1.807) is 30.3 Å². The lowest BCUT2D eigenvalue weighted by atomic mass is 10.2. The number of carbonyl (C=O) groups excluding carboxylic acids is 1. The first kappa shape index (κ1) is 20.3. The molecule has 0 saturated heterocycles. The van der Waals surface area contributed by atoms with Crippen molar-refractivity contribution in [2.45, 2.75) is 11.8 Å². The Morgan fingerprint density at radius 2 is 1.52 bits per heavy atom. The standard InChI is InChI=1S/C19H21NO6S/c1-13(21)20-16(14-8-6-5-7-9-14)12-27(22,23)15-10-17(24-2)19(26-4)18(11-15)25-3/h5-12H,1-4H3,(H,20,21)/b16-12+. The maximum absolute atomic E-state index is 13.0. The molecule has 2 aromatic rings. The zero-order chi connectivity index (χ0) is 20.0. The fourth-order valence-electron chi connectivity index (χ4n) is 2.42. The second-order valence-corrected chi connectivity index (χ2v) is 7.28. The van der Waals surface area contributed by atoms with E-state index in [-0.39, 0.29) is 33.7 Å². The van der Waals surface area contributed by atoms with E-state index in [1.165, 1.54) is 40.4 Å². The number of rotatable bonds is 7. The summed E-state index contributed by atoms with van der Waals surface area (Å²) in [5.74, 6) is 0.326. The molecule has 0 radical (unpaired) electrons. The Kier molecular flexibility index (Phi) is 6.46. The SMILES string of the molecule is COc1cc(S(=O)(=O)/C=C(/NC(C)=O)c2ccccc2)cc(OC)c1OC. The van der Waals surface area contributed by atoms with Crippen LogP contribution >= 0.6 is 0 Å². The minimum atomic E-state index is -3.94. The molecule has 0 bridgehead atoms. The van der Waals surface area contributed by atoms with E-state index in [0.29, 0.717) is 5.56 Å². The van der Waals surface area contributed by atoms with Gasteiger partial charge in [0.05, 0.1) is 37.3 Å². The molecule has 7 nitrogen and oxygen atoms in total. The molecular formula is C19H21NO6S. The van der Waals surface area contributed by atoms with E-state index in [0.717, 1.165) is 5.41 Å². The van der Waals surface area contributed by atoms with Crippen molar-refractivity contribution in [2.75, 3.05) is 21.3 Å². The second kappa shape index (κ2) is 8.59. The minimum Gasteiger partial charge on any atom is -0.493 e. The summed E-state index contributed by atoms with van der Waals surface area (Å²) in [6.07, 6.45) is 0. The van der Waals surface area contributed by atoms with Crippen LogP contribution in [0.25, 0.3) is 5.70 Å². The Morgan fingerprint density at radius 1 is 0.963 bits per heavy atom. The number of hydrogen-bond donors (Lipinski definition) is 1. The van der Waals surface area contributed by atoms with E-state index < -0.39 is 9.84 Å². The van der Waals surface area contributed by atoms with Crippen LogP contribution in [0.3, 0.4) is 0 Å². The average molecular weight is 391 g/mol. The molecule has 0 heterocycles. The summed E-state index contributed by atoms with van der Waals surface area (Å²) >= 11 is 0. The average Bonchev–Trinajstić information content (AvgIpc) is 2.66. The van der Waals surface area contributed by atoms with E-state index in [4.69, 9.17) is 14.2 Å². The van der Waals surface area contributed by atoms with Crippen LogP contribution in [0.2, 0.25) is 0 Å². The third-order valence-electron chi connectivity index (χ3n) is 3.64. The molecule has 2 aromatic carbocycles. The Hall–Kier alpha value is -3.00. The van der Waals surface area contributed by atoms with Crippen LogP contribution in [-0.4, -0.2) is 35.7 Å². The van der Waals surface area contributed by atoms with Crippen molar-refractivity contribution < 1.29 is 27.4 Å². The van der Waals surface area contributed by atoms with Gasteiger partial charge >= 0.3 is 0 Å². The number of benzene rings is 2. The molecule has 2 rings (SSSR count). The predicted octanol–water partition coefficient (Wildman–Crippen LogP) is 2.62. The molecule has 8 heteroatoms. The lowest BCUT2D eigenvalue weighted by molar-refractivity contribution is -0.117. The summed E-state index contributed by atoms with van der Waals surface area (Å²) in [5.41, 5.74) is 0.723.